The van der Waals surface area contributed by atoms with Crippen LogP contribution in [0, 0.1) is 0 Å². The summed E-state index contributed by atoms with van der Waals surface area (Å²) in [4.78, 5) is 14.3. The molecule has 0 bridgehead atoms. The highest BCUT2D eigenvalue weighted by atomic mass is 16.5. The topological polar surface area (TPSA) is 50.8 Å². The number of likely N-dealkylation sites (tertiary alicyclic amines) is 1. The van der Waals surface area contributed by atoms with Gasteiger partial charge in [0.25, 0.3) is 0 Å². The Hall–Kier alpha value is -1.59. The largest absolute Gasteiger partial charge is 0.448 e. The third kappa shape index (κ3) is 7.88. The van der Waals surface area contributed by atoms with Gasteiger partial charge >= 0.3 is 6.09 Å². The van der Waals surface area contributed by atoms with Crippen LogP contribution in [0.5, 0.6) is 0 Å². The lowest BCUT2D eigenvalue weighted by molar-refractivity contribution is 0.117. The van der Waals surface area contributed by atoms with Crippen molar-refractivity contribution in [2.75, 3.05) is 38.2 Å². The van der Waals surface area contributed by atoms with Gasteiger partial charge in [-0.3, -0.25) is 10.2 Å². The van der Waals surface area contributed by atoms with Gasteiger partial charge in [-0.2, -0.15) is 0 Å². The minimum Gasteiger partial charge on any atom is -0.448 e. The van der Waals surface area contributed by atoms with E-state index in [9.17, 15) is 4.79 Å². The summed E-state index contributed by atoms with van der Waals surface area (Å²) in [6.07, 6.45) is 6.88. The Kier molecular flexibility index (Phi) is 9.37. The van der Waals surface area contributed by atoms with Crippen LogP contribution in [-0.4, -0.2) is 43.8 Å². The van der Waals surface area contributed by atoms with Crippen molar-refractivity contribution >= 4 is 11.8 Å². The number of carbonyl (C=O) groups excluding carboxylic acids is 1. The number of nitrogens with zero attached hydrogens (tertiary/aromatic N) is 1. The lowest BCUT2D eigenvalue weighted by Gasteiger charge is -2.15. The van der Waals surface area contributed by atoms with E-state index in [1.807, 2.05) is 24.3 Å². The fourth-order valence-electron chi connectivity index (χ4n) is 3.00. The highest BCUT2D eigenvalue weighted by Crippen LogP contribution is 2.17. The van der Waals surface area contributed by atoms with Crippen molar-refractivity contribution in [3.05, 3.63) is 29.8 Å². The van der Waals surface area contributed by atoms with Crippen LogP contribution >= 0.6 is 0 Å². The van der Waals surface area contributed by atoms with Gasteiger partial charge in [0, 0.05) is 24.4 Å². The maximum Gasteiger partial charge on any atom is 0.411 e. The molecular weight excluding hydrogens is 316 g/mol. The first-order valence-electron chi connectivity index (χ1n) is 9.61. The molecule has 1 aromatic rings. The molecule has 1 fully saturated rings. The fraction of sp³-hybridized carbons (Fsp3) is 0.650. The summed E-state index contributed by atoms with van der Waals surface area (Å²) >= 11 is 0. The van der Waals surface area contributed by atoms with Gasteiger partial charge in [0.2, 0.25) is 0 Å². The second-order valence-corrected chi connectivity index (χ2v) is 6.58. The van der Waals surface area contributed by atoms with Crippen LogP contribution in [0.15, 0.2) is 24.3 Å². The zero-order valence-electron chi connectivity index (χ0n) is 15.5. The molecule has 0 saturated carbocycles. The number of unbranched alkanes of at least 4 members (excludes halogenated alkanes) is 3. The fourth-order valence-corrected chi connectivity index (χ4v) is 3.00. The Morgan fingerprint density at radius 1 is 1.12 bits per heavy atom. The van der Waals surface area contributed by atoms with Crippen molar-refractivity contribution in [2.24, 2.45) is 0 Å². The van der Waals surface area contributed by atoms with Crippen LogP contribution in [0.1, 0.15) is 51.0 Å². The molecule has 0 atom stereocenters. The van der Waals surface area contributed by atoms with E-state index in [0.29, 0.717) is 13.2 Å². The third-order valence-corrected chi connectivity index (χ3v) is 4.49. The maximum absolute atomic E-state index is 12.0. The number of anilines is 1. The van der Waals surface area contributed by atoms with Crippen molar-refractivity contribution in [3.63, 3.8) is 0 Å². The minimum atomic E-state index is -0.394. The monoisotopic (exact) mass is 348 g/mol. The number of benzene rings is 1. The summed E-state index contributed by atoms with van der Waals surface area (Å²) < 4.78 is 11.0. The van der Waals surface area contributed by atoms with Gasteiger partial charge in [-0.15, -0.1) is 0 Å². The second kappa shape index (κ2) is 11.9. The SMILES string of the molecule is CCCCCCOCc1ccccc1NC(=O)OCCN1CCCC1. The van der Waals surface area contributed by atoms with Gasteiger partial charge in [-0.05, 0) is 38.4 Å². The molecule has 5 nitrogen and oxygen atoms in total. The highest BCUT2D eigenvalue weighted by molar-refractivity contribution is 5.85. The van der Waals surface area contributed by atoms with Crippen molar-refractivity contribution in [1.29, 1.82) is 0 Å². The smallest absolute Gasteiger partial charge is 0.411 e. The standard InChI is InChI=1S/C20H32N2O3/c1-2-3-4-9-15-24-17-18-10-5-6-11-19(18)21-20(23)25-16-14-22-12-7-8-13-22/h5-6,10-11H,2-4,7-9,12-17H2,1H3,(H,21,23). The molecule has 0 unspecified atom stereocenters. The van der Waals surface area contributed by atoms with E-state index in [0.717, 1.165) is 43.9 Å². The highest BCUT2D eigenvalue weighted by Gasteiger charge is 2.12. The molecular formula is C20H32N2O3. The van der Waals surface area contributed by atoms with Crippen molar-refractivity contribution in [1.82, 2.24) is 4.90 Å². The molecule has 0 aliphatic carbocycles. The third-order valence-electron chi connectivity index (χ3n) is 4.49. The second-order valence-electron chi connectivity index (χ2n) is 6.58. The van der Waals surface area contributed by atoms with Crippen LogP contribution in [0.3, 0.4) is 0 Å². The summed E-state index contributed by atoms with van der Waals surface area (Å²) in [5.41, 5.74) is 1.75. The van der Waals surface area contributed by atoms with Crippen LogP contribution in [0.4, 0.5) is 10.5 Å². The van der Waals surface area contributed by atoms with Crippen LogP contribution in [-0.2, 0) is 16.1 Å². The first-order valence-corrected chi connectivity index (χ1v) is 9.61. The van der Waals surface area contributed by atoms with Gasteiger partial charge in [-0.1, -0.05) is 44.4 Å². The molecule has 1 heterocycles. The molecule has 0 radical (unpaired) electrons. The number of rotatable bonds is 11. The predicted octanol–water partition coefficient (Wildman–Crippen LogP) is 4.43. The van der Waals surface area contributed by atoms with Gasteiger partial charge in [-0.25, -0.2) is 4.79 Å². The number of hydrogen-bond donors (Lipinski definition) is 1. The lowest BCUT2D eigenvalue weighted by atomic mass is 10.2. The zero-order chi connectivity index (χ0) is 17.7. The zero-order valence-corrected chi connectivity index (χ0v) is 15.5. The first kappa shape index (κ1) is 19.7. The summed E-state index contributed by atoms with van der Waals surface area (Å²) in [6, 6.07) is 7.73. The van der Waals surface area contributed by atoms with E-state index < -0.39 is 6.09 Å². The molecule has 25 heavy (non-hydrogen) atoms. The van der Waals surface area contributed by atoms with E-state index in [1.165, 1.54) is 32.1 Å². The van der Waals surface area contributed by atoms with E-state index >= 15 is 0 Å². The minimum absolute atomic E-state index is 0.394. The number of amides is 1. The molecule has 1 aliphatic heterocycles. The molecule has 1 aliphatic rings. The Bertz CT molecular complexity index is 501. The molecule has 0 spiro atoms. The molecule has 1 aromatic carbocycles. The molecule has 1 N–H and O–H groups in total. The molecule has 5 heteroatoms. The van der Waals surface area contributed by atoms with Crippen molar-refractivity contribution < 1.29 is 14.3 Å². The van der Waals surface area contributed by atoms with E-state index in [1.54, 1.807) is 0 Å². The van der Waals surface area contributed by atoms with E-state index in [-0.39, 0.29) is 0 Å². The van der Waals surface area contributed by atoms with Crippen LogP contribution < -0.4 is 5.32 Å². The molecule has 1 amide bonds. The average Bonchev–Trinajstić information content (AvgIpc) is 3.13. The van der Waals surface area contributed by atoms with Gasteiger partial charge < -0.3 is 9.47 Å². The van der Waals surface area contributed by atoms with E-state index in [4.69, 9.17) is 9.47 Å². The Labute approximate surface area is 151 Å². The van der Waals surface area contributed by atoms with Gasteiger partial charge in [0.15, 0.2) is 0 Å². The number of hydrogen-bond acceptors (Lipinski definition) is 4. The maximum atomic E-state index is 12.0. The molecule has 1 saturated heterocycles. The Morgan fingerprint density at radius 3 is 2.72 bits per heavy atom. The summed E-state index contributed by atoms with van der Waals surface area (Å²) in [5, 5.41) is 2.84. The van der Waals surface area contributed by atoms with Crippen LogP contribution in [0.25, 0.3) is 0 Å². The number of para-hydroxylation sites is 1. The summed E-state index contributed by atoms with van der Waals surface area (Å²) in [7, 11) is 0. The lowest BCUT2D eigenvalue weighted by Crippen LogP contribution is -2.26. The first-order chi connectivity index (χ1) is 12.3. The van der Waals surface area contributed by atoms with Gasteiger partial charge in [0.1, 0.15) is 6.61 Å². The molecule has 2 rings (SSSR count). The van der Waals surface area contributed by atoms with Crippen molar-refractivity contribution in [2.45, 2.75) is 52.1 Å². The van der Waals surface area contributed by atoms with Gasteiger partial charge in [0.05, 0.1) is 6.61 Å². The van der Waals surface area contributed by atoms with E-state index in [2.05, 4.69) is 17.1 Å². The normalized spacial score (nSPS) is 14.6. The number of nitrogens with one attached hydrogen (secondary N) is 1. The number of ether oxygens (including phenoxy) is 2. The van der Waals surface area contributed by atoms with Crippen LogP contribution in [0.2, 0.25) is 0 Å². The quantitative estimate of drug-likeness (QED) is 0.601. The van der Waals surface area contributed by atoms with Crippen molar-refractivity contribution in [3.8, 4) is 0 Å². The Balaban J connectivity index is 1.68. The molecule has 0 aromatic heterocycles. The Morgan fingerprint density at radius 2 is 1.92 bits per heavy atom. The number of carbonyl (C=O) groups is 1. The summed E-state index contributed by atoms with van der Waals surface area (Å²) in [6.45, 7) is 6.95. The summed E-state index contributed by atoms with van der Waals surface area (Å²) in [5.74, 6) is 0. The predicted molar refractivity (Wildman–Crippen MR) is 101 cm³/mol. The molecule has 140 valence electrons. The average molecular weight is 348 g/mol.